The topological polar surface area (TPSA) is 46.9 Å². The maximum Gasteiger partial charge on any atom is 0.234 e. The predicted octanol–water partition coefficient (Wildman–Crippen LogP) is 4.36. The molecule has 1 N–H and O–H groups in total. The van der Waals surface area contributed by atoms with Crippen LogP contribution in [0.1, 0.15) is 11.1 Å². The Balaban J connectivity index is 1.68. The number of amides is 1. The van der Waals surface area contributed by atoms with E-state index >= 15 is 0 Å². The second kappa shape index (κ2) is 7.53. The van der Waals surface area contributed by atoms with E-state index in [1.807, 2.05) is 24.6 Å². The minimum atomic E-state index is -0.331. The van der Waals surface area contributed by atoms with Crippen molar-refractivity contribution < 1.29 is 9.18 Å². The number of aryl methyl sites for hydroxylation is 2. The number of thioether (sulfide) groups is 1. The monoisotopic (exact) mass is 355 g/mol. The molecule has 2 aromatic carbocycles. The van der Waals surface area contributed by atoms with Crippen LogP contribution in [0.15, 0.2) is 60.0 Å². The zero-order chi connectivity index (χ0) is 17.8. The molecule has 3 aromatic rings. The number of carbonyl (C=O) groups is 1. The quantitative estimate of drug-likeness (QED) is 0.692. The lowest BCUT2D eigenvalue weighted by Gasteiger charge is -2.11. The van der Waals surface area contributed by atoms with Gasteiger partial charge in [-0.15, -0.1) is 0 Å². The Bertz CT molecular complexity index is 890. The number of aromatic nitrogens is 2. The van der Waals surface area contributed by atoms with Crippen LogP contribution in [0.2, 0.25) is 0 Å². The Morgan fingerprint density at radius 2 is 1.96 bits per heavy atom. The van der Waals surface area contributed by atoms with Gasteiger partial charge in [-0.05, 0) is 55.3 Å². The summed E-state index contributed by atoms with van der Waals surface area (Å²) in [4.78, 5) is 16.4. The van der Waals surface area contributed by atoms with Gasteiger partial charge >= 0.3 is 0 Å². The summed E-state index contributed by atoms with van der Waals surface area (Å²) in [6.45, 7) is 4.09. The first-order valence-corrected chi connectivity index (χ1v) is 8.81. The third-order valence-electron chi connectivity index (χ3n) is 3.69. The number of hydrogen-bond acceptors (Lipinski definition) is 3. The minimum absolute atomic E-state index is 0.160. The van der Waals surface area contributed by atoms with Gasteiger partial charge in [0.2, 0.25) is 5.91 Å². The average molecular weight is 355 g/mol. The van der Waals surface area contributed by atoms with Gasteiger partial charge in [-0.3, -0.25) is 9.36 Å². The zero-order valence-corrected chi connectivity index (χ0v) is 14.8. The summed E-state index contributed by atoms with van der Waals surface area (Å²) >= 11 is 1.36. The lowest BCUT2D eigenvalue weighted by Crippen LogP contribution is -2.14. The number of carbonyl (C=O) groups excluding carboxylic acids is 1. The van der Waals surface area contributed by atoms with E-state index in [2.05, 4.69) is 28.5 Å². The summed E-state index contributed by atoms with van der Waals surface area (Å²) in [6, 6.07) is 11.9. The van der Waals surface area contributed by atoms with Gasteiger partial charge in [-0.25, -0.2) is 9.37 Å². The van der Waals surface area contributed by atoms with Crippen LogP contribution in [0.4, 0.5) is 10.1 Å². The summed E-state index contributed by atoms with van der Waals surface area (Å²) in [5.74, 6) is -0.269. The van der Waals surface area contributed by atoms with Gasteiger partial charge in [-0.1, -0.05) is 23.9 Å². The van der Waals surface area contributed by atoms with E-state index < -0.39 is 0 Å². The Hall–Kier alpha value is -2.60. The zero-order valence-electron chi connectivity index (χ0n) is 14.0. The molecule has 0 aliphatic heterocycles. The number of rotatable bonds is 5. The van der Waals surface area contributed by atoms with Gasteiger partial charge in [0.1, 0.15) is 5.82 Å². The first-order chi connectivity index (χ1) is 12.0. The summed E-state index contributed by atoms with van der Waals surface area (Å²) in [5, 5.41) is 3.50. The number of anilines is 1. The number of imidazole rings is 1. The Morgan fingerprint density at radius 3 is 2.72 bits per heavy atom. The maximum atomic E-state index is 12.9. The number of hydrogen-bond donors (Lipinski definition) is 1. The van der Waals surface area contributed by atoms with Gasteiger partial charge in [-0.2, -0.15) is 0 Å². The number of halogens is 1. The molecule has 3 rings (SSSR count). The van der Waals surface area contributed by atoms with Gasteiger partial charge in [0.05, 0.1) is 11.4 Å². The Labute approximate surface area is 150 Å². The molecule has 0 saturated heterocycles. The fourth-order valence-electron chi connectivity index (χ4n) is 2.42. The van der Waals surface area contributed by atoms with Crippen LogP contribution in [-0.4, -0.2) is 21.2 Å². The summed E-state index contributed by atoms with van der Waals surface area (Å²) < 4.78 is 14.9. The molecule has 0 saturated carbocycles. The predicted molar refractivity (Wildman–Crippen MR) is 98.8 cm³/mol. The molecule has 6 heteroatoms. The molecule has 1 aromatic heterocycles. The van der Waals surface area contributed by atoms with Crippen molar-refractivity contribution in [2.75, 3.05) is 11.1 Å². The first kappa shape index (κ1) is 17.2. The minimum Gasteiger partial charge on any atom is -0.325 e. The van der Waals surface area contributed by atoms with Crippen LogP contribution in [0.3, 0.4) is 0 Å². The molecular weight excluding hydrogens is 337 g/mol. The van der Waals surface area contributed by atoms with E-state index in [4.69, 9.17) is 0 Å². The highest BCUT2D eigenvalue weighted by Gasteiger charge is 2.11. The summed E-state index contributed by atoms with van der Waals surface area (Å²) in [6.07, 6.45) is 3.62. The van der Waals surface area contributed by atoms with Gasteiger partial charge < -0.3 is 5.32 Å². The van der Waals surface area contributed by atoms with E-state index in [9.17, 15) is 9.18 Å². The van der Waals surface area contributed by atoms with E-state index in [1.165, 1.54) is 41.6 Å². The first-order valence-electron chi connectivity index (χ1n) is 7.82. The van der Waals surface area contributed by atoms with Crippen LogP contribution in [0.5, 0.6) is 0 Å². The van der Waals surface area contributed by atoms with E-state index in [-0.39, 0.29) is 17.5 Å². The highest BCUT2D eigenvalue weighted by atomic mass is 32.2. The normalized spacial score (nSPS) is 10.7. The highest BCUT2D eigenvalue weighted by Crippen LogP contribution is 2.23. The number of nitrogens with one attached hydrogen (secondary N) is 1. The number of nitrogens with zero attached hydrogens (tertiary/aromatic N) is 2. The van der Waals surface area contributed by atoms with Crippen LogP contribution < -0.4 is 5.32 Å². The SMILES string of the molecule is Cc1ccc(C)c(-n2ccnc2SCC(=O)Nc2ccc(F)cc2)c1. The summed E-state index contributed by atoms with van der Waals surface area (Å²) in [5.41, 5.74) is 3.93. The van der Waals surface area contributed by atoms with Crippen molar-refractivity contribution in [2.45, 2.75) is 19.0 Å². The molecular formula is C19H18FN3OS. The molecule has 0 bridgehead atoms. The molecule has 0 unspecified atom stereocenters. The molecule has 0 aliphatic rings. The van der Waals surface area contributed by atoms with Crippen molar-refractivity contribution in [3.63, 3.8) is 0 Å². The van der Waals surface area contributed by atoms with Crippen molar-refractivity contribution in [1.29, 1.82) is 0 Å². The lowest BCUT2D eigenvalue weighted by atomic mass is 10.1. The molecule has 0 fully saturated rings. The molecule has 1 heterocycles. The van der Waals surface area contributed by atoms with Crippen molar-refractivity contribution in [3.05, 3.63) is 71.8 Å². The maximum absolute atomic E-state index is 12.9. The van der Waals surface area contributed by atoms with Crippen molar-refractivity contribution in [1.82, 2.24) is 9.55 Å². The fraction of sp³-hybridized carbons (Fsp3) is 0.158. The molecule has 0 aliphatic carbocycles. The van der Waals surface area contributed by atoms with Crippen LogP contribution in [0.25, 0.3) is 5.69 Å². The van der Waals surface area contributed by atoms with Gasteiger partial charge in [0, 0.05) is 18.1 Å². The van der Waals surface area contributed by atoms with Crippen LogP contribution in [0, 0.1) is 19.7 Å². The molecule has 0 radical (unpaired) electrons. The smallest absolute Gasteiger partial charge is 0.234 e. The Kier molecular flexibility index (Phi) is 5.19. The molecule has 0 atom stereocenters. The third kappa shape index (κ3) is 4.28. The molecule has 1 amide bonds. The fourth-order valence-corrected chi connectivity index (χ4v) is 3.19. The molecule has 0 spiro atoms. The average Bonchev–Trinajstić information content (AvgIpc) is 3.05. The lowest BCUT2D eigenvalue weighted by molar-refractivity contribution is -0.113. The second-order valence-corrected chi connectivity index (χ2v) is 6.66. The van der Waals surface area contributed by atoms with E-state index in [1.54, 1.807) is 6.20 Å². The third-order valence-corrected chi connectivity index (χ3v) is 4.66. The largest absolute Gasteiger partial charge is 0.325 e. The van der Waals surface area contributed by atoms with Gasteiger partial charge in [0.25, 0.3) is 0 Å². The van der Waals surface area contributed by atoms with Crippen LogP contribution in [-0.2, 0) is 4.79 Å². The number of benzene rings is 2. The molecule has 128 valence electrons. The van der Waals surface area contributed by atoms with E-state index in [0.717, 1.165) is 16.4 Å². The van der Waals surface area contributed by atoms with Crippen molar-refractivity contribution in [3.8, 4) is 5.69 Å². The van der Waals surface area contributed by atoms with E-state index in [0.29, 0.717) is 5.69 Å². The van der Waals surface area contributed by atoms with Crippen LogP contribution >= 0.6 is 11.8 Å². The summed E-state index contributed by atoms with van der Waals surface area (Å²) in [7, 11) is 0. The van der Waals surface area contributed by atoms with Crippen molar-refractivity contribution in [2.24, 2.45) is 0 Å². The second-order valence-electron chi connectivity index (χ2n) is 5.71. The standard InChI is InChI=1S/C19H18FN3OS/c1-13-3-4-14(2)17(11-13)23-10-9-21-19(23)25-12-18(24)22-16-7-5-15(20)6-8-16/h3-11H,12H2,1-2H3,(H,22,24). The van der Waals surface area contributed by atoms with Crippen molar-refractivity contribution >= 4 is 23.4 Å². The molecule has 4 nitrogen and oxygen atoms in total. The molecule has 25 heavy (non-hydrogen) atoms. The highest BCUT2D eigenvalue weighted by molar-refractivity contribution is 7.99. The Morgan fingerprint density at radius 1 is 1.20 bits per heavy atom. The van der Waals surface area contributed by atoms with Gasteiger partial charge in [0.15, 0.2) is 5.16 Å².